The summed E-state index contributed by atoms with van der Waals surface area (Å²) in [6.45, 7) is 4.00. The minimum atomic E-state index is -0.861. The Morgan fingerprint density at radius 2 is 1.90 bits per heavy atom. The lowest BCUT2D eigenvalue weighted by Crippen LogP contribution is -2.53. The van der Waals surface area contributed by atoms with Gasteiger partial charge in [0.1, 0.15) is 5.54 Å². The van der Waals surface area contributed by atoms with E-state index in [1.165, 1.54) is 0 Å². The highest BCUT2D eigenvalue weighted by atomic mass is 16.4. The zero-order valence-electron chi connectivity index (χ0n) is 6.55. The van der Waals surface area contributed by atoms with Crippen molar-refractivity contribution in [2.75, 3.05) is 0 Å². The van der Waals surface area contributed by atoms with E-state index in [2.05, 4.69) is 0 Å². The molecular weight excluding hydrogens is 130 g/mol. The van der Waals surface area contributed by atoms with Crippen LogP contribution in [-0.2, 0) is 4.79 Å². The Morgan fingerprint density at radius 3 is 1.90 bits per heavy atom. The van der Waals surface area contributed by atoms with Crippen LogP contribution in [0.3, 0.4) is 0 Å². The lowest BCUT2D eigenvalue weighted by atomic mass is 9.78. The quantitative estimate of drug-likeness (QED) is 0.578. The van der Waals surface area contributed by atoms with Gasteiger partial charge in [-0.3, -0.25) is 4.79 Å². The first kappa shape index (κ1) is 9.43. The summed E-state index contributed by atoms with van der Waals surface area (Å²) in [7, 11) is 0. The number of carboxylic acid groups (broad SMARTS) is 1. The fourth-order valence-corrected chi connectivity index (χ4v) is 0.772. The first-order chi connectivity index (χ1) is 4.65. The standard InChI is InChI=1S/C5H9NO2.C2H6/c6-5(4(7)8)2-1-3-5;1-2/h1-3,6H2,(H,7,8);1-2H3. The van der Waals surface area contributed by atoms with E-state index < -0.39 is 11.5 Å². The molecule has 0 aromatic carbocycles. The van der Waals surface area contributed by atoms with Crippen molar-refractivity contribution >= 4 is 5.97 Å². The molecule has 0 atom stereocenters. The summed E-state index contributed by atoms with van der Waals surface area (Å²) in [6.07, 6.45) is 2.24. The number of hydrogen-bond donors (Lipinski definition) is 2. The highest BCUT2D eigenvalue weighted by Gasteiger charge is 2.39. The molecule has 0 radical (unpaired) electrons. The Bertz CT molecular complexity index is 119. The van der Waals surface area contributed by atoms with Gasteiger partial charge >= 0.3 is 5.97 Å². The summed E-state index contributed by atoms with van der Waals surface area (Å²) >= 11 is 0. The largest absolute Gasteiger partial charge is 0.480 e. The molecule has 1 fully saturated rings. The molecule has 0 saturated heterocycles. The topological polar surface area (TPSA) is 63.3 Å². The molecule has 3 N–H and O–H groups in total. The minimum Gasteiger partial charge on any atom is -0.480 e. The van der Waals surface area contributed by atoms with Crippen LogP contribution < -0.4 is 5.73 Å². The van der Waals surface area contributed by atoms with E-state index >= 15 is 0 Å². The Kier molecular flexibility index (Phi) is 3.36. The molecule has 0 amide bonds. The SMILES string of the molecule is CC.NC1(C(=O)O)CCC1. The van der Waals surface area contributed by atoms with Gasteiger partial charge in [-0.25, -0.2) is 0 Å². The maximum atomic E-state index is 10.2. The van der Waals surface area contributed by atoms with Crippen LogP contribution in [0.2, 0.25) is 0 Å². The molecule has 1 saturated carbocycles. The molecule has 0 aromatic rings. The average molecular weight is 145 g/mol. The van der Waals surface area contributed by atoms with Gasteiger partial charge in [0, 0.05) is 0 Å². The minimum absolute atomic E-state index is 0.641. The molecule has 10 heavy (non-hydrogen) atoms. The van der Waals surface area contributed by atoms with Gasteiger partial charge in [0.2, 0.25) is 0 Å². The lowest BCUT2D eigenvalue weighted by molar-refractivity contribution is -0.146. The molecule has 1 rings (SSSR count). The maximum Gasteiger partial charge on any atom is 0.323 e. The van der Waals surface area contributed by atoms with Crippen molar-refractivity contribution in [1.82, 2.24) is 0 Å². The van der Waals surface area contributed by atoms with Crippen molar-refractivity contribution in [3.8, 4) is 0 Å². The summed E-state index contributed by atoms with van der Waals surface area (Å²) in [6, 6.07) is 0. The third-order valence-electron chi connectivity index (χ3n) is 1.67. The van der Waals surface area contributed by atoms with Crippen molar-refractivity contribution in [2.45, 2.75) is 38.6 Å². The predicted octanol–water partition coefficient (Wildman–Crippen LogP) is 0.979. The summed E-state index contributed by atoms with van der Waals surface area (Å²) in [4.78, 5) is 10.2. The average Bonchev–Trinajstić information content (AvgIpc) is 1.87. The highest BCUT2D eigenvalue weighted by molar-refractivity contribution is 5.79. The summed E-state index contributed by atoms with van der Waals surface area (Å²) in [5.41, 5.74) is 4.48. The van der Waals surface area contributed by atoms with Crippen molar-refractivity contribution in [1.29, 1.82) is 0 Å². The number of hydrogen-bond acceptors (Lipinski definition) is 2. The molecule has 0 heterocycles. The molecule has 1 aliphatic rings. The van der Waals surface area contributed by atoms with Gasteiger partial charge in [-0.2, -0.15) is 0 Å². The Morgan fingerprint density at radius 1 is 1.50 bits per heavy atom. The van der Waals surface area contributed by atoms with Gasteiger partial charge in [-0.1, -0.05) is 13.8 Å². The van der Waals surface area contributed by atoms with Crippen LogP contribution in [0.15, 0.2) is 0 Å². The Hall–Kier alpha value is -0.570. The molecule has 60 valence electrons. The van der Waals surface area contributed by atoms with E-state index in [0.29, 0.717) is 12.8 Å². The van der Waals surface area contributed by atoms with Crippen molar-refractivity contribution in [3.05, 3.63) is 0 Å². The number of nitrogens with two attached hydrogens (primary N) is 1. The second-order valence-electron chi connectivity index (χ2n) is 2.31. The second-order valence-corrected chi connectivity index (χ2v) is 2.31. The Labute approximate surface area is 61.2 Å². The molecule has 1 aliphatic carbocycles. The molecule has 0 unspecified atom stereocenters. The molecule has 3 nitrogen and oxygen atoms in total. The molecule has 0 aromatic heterocycles. The number of carbonyl (C=O) groups is 1. The van der Waals surface area contributed by atoms with E-state index in [9.17, 15) is 4.79 Å². The van der Waals surface area contributed by atoms with Gasteiger partial charge in [-0.15, -0.1) is 0 Å². The van der Waals surface area contributed by atoms with E-state index in [1.54, 1.807) is 0 Å². The smallest absolute Gasteiger partial charge is 0.323 e. The van der Waals surface area contributed by atoms with E-state index in [0.717, 1.165) is 6.42 Å². The number of aliphatic carboxylic acids is 1. The fourth-order valence-electron chi connectivity index (χ4n) is 0.772. The molecule has 0 aliphatic heterocycles. The molecule has 3 heteroatoms. The van der Waals surface area contributed by atoms with Gasteiger partial charge in [-0.05, 0) is 19.3 Å². The van der Waals surface area contributed by atoms with Gasteiger partial charge in [0.05, 0.1) is 0 Å². The predicted molar refractivity (Wildman–Crippen MR) is 39.8 cm³/mol. The first-order valence-electron chi connectivity index (χ1n) is 3.67. The third kappa shape index (κ3) is 1.70. The van der Waals surface area contributed by atoms with E-state index in [4.69, 9.17) is 10.8 Å². The van der Waals surface area contributed by atoms with Crippen LogP contribution in [0.5, 0.6) is 0 Å². The molecule has 0 spiro atoms. The van der Waals surface area contributed by atoms with Crippen LogP contribution in [0.4, 0.5) is 0 Å². The number of carboxylic acids is 1. The maximum absolute atomic E-state index is 10.2. The van der Waals surface area contributed by atoms with E-state index in [1.807, 2.05) is 13.8 Å². The van der Waals surface area contributed by atoms with Crippen LogP contribution in [-0.4, -0.2) is 16.6 Å². The first-order valence-corrected chi connectivity index (χ1v) is 3.67. The molecular formula is C7H15NO2. The Balaban J connectivity index is 0.000000371. The van der Waals surface area contributed by atoms with Gasteiger partial charge < -0.3 is 10.8 Å². The van der Waals surface area contributed by atoms with Crippen molar-refractivity contribution in [3.63, 3.8) is 0 Å². The second kappa shape index (κ2) is 3.56. The van der Waals surface area contributed by atoms with Gasteiger partial charge in [0.25, 0.3) is 0 Å². The lowest BCUT2D eigenvalue weighted by Gasteiger charge is -2.32. The number of rotatable bonds is 1. The van der Waals surface area contributed by atoms with Crippen LogP contribution in [0.1, 0.15) is 33.1 Å². The van der Waals surface area contributed by atoms with Crippen molar-refractivity contribution < 1.29 is 9.90 Å². The van der Waals surface area contributed by atoms with Crippen LogP contribution in [0, 0.1) is 0 Å². The van der Waals surface area contributed by atoms with Crippen LogP contribution in [0.25, 0.3) is 0 Å². The summed E-state index contributed by atoms with van der Waals surface area (Å²) in [5.74, 6) is -0.858. The van der Waals surface area contributed by atoms with Crippen LogP contribution >= 0.6 is 0 Å². The molecule has 0 bridgehead atoms. The highest BCUT2D eigenvalue weighted by Crippen LogP contribution is 2.28. The van der Waals surface area contributed by atoms with Crippen molar-refractivity contribution in [2.24, 2.45) is 5.73 Å². The zero-order valence-corrected chi connectivity index (χ0v) is 6.55. The normalized spacial score (nSPS) is 19.9. The third-order valence-corrected chi connectivity index (χ3v) is 1.67. The monoisotopic (exact) mass is 145 g/mol. The van der Waals surface area contributed by atoms with Gasteiger partial charge in [0.15, 0.2) is 0 Å². The zero-order chi connectivity index (χ0) is 8.20. The fraction of sp³-hybridized carbons (Fsp3) is 0.857. The summed E-state index contributed by atoms with van der Waals surface area (Å²) in [5, 5.41) is 8.37. The van der Waals surface area contributed by atoms with E-state index in [-0.39, 0.29) is 0 Å². The summed E-state index contributed by atoms with van der Waals surface area (Å²) < 4.78 is 0.